The molecule has 5 heteroatoms. The van der Waals surface area contributed by atoms with Crippen molar-refractivity contribution in [3.63, 3.8) is 0 Å². The minimum atomic E-state index is 0.0798. The number of phenols is 1. The van der Waals surface area contributed by atoms with Crippen molar-refractivity contribution in [2.24, 2.45) is 0 Å². The van der Waals surface area contributed by atoms with Gasteiger partial charge in [0.1, 0.15) is 5.75 Å². The lowest BCUT2D eigenvalue weighted by Crippen LogP contribution is -2.40. The second-order valence-electron chi connectivity index (χ2n) is 5.78. The van der Waals surface area contributed by atoms with Crippen molar-refractivity contribution >= 4 is 27.3 Å². The molecule has 4 rings (SSSR count). The third-order valence-electron chi connectivity index (χ3n) is 4.25. The van der Waals surface area contributed by atoms with Crippen LogP contribution in [0.1, 0.15) is 9.67 Å². The minimum Gasteiger partial charge on any atom is -0.508 e. The topological polar surface area (TPSA) is 49.8 Å². The van der Waals surface area contributed by atoms with E-state index in [0.717, 1.165) is 26.1 Å². The molecule has 122 valence electrons. The number of rotatable bonds is 2. The van der Waals surface area contributed by atoms with Gasteiger partial charge in [0.15, 0.2) is 0 Å². The molecule has 1 saturated heterocycles. The van der Waals surface area contributed by atoms with E-state index in [2.05, 4.69) is 0 Å². The first kappa shape index (κ1) is 15.2. The Morgan fingerprint density at radius 3 is 2.58 bits per heavy atom. The van der Waals surface area contributed by atoms with E-state index < -0.39 is 0 Å². The summed E-state index contributed by atoms with van der Waals surface area (Å²) in [5.74, 6) is 0.329. The number of hydrogen-bond donors (Lipinski definition) is 1. The number of carbonyl (C=O) groups is 1. The number of thiophene rings is 1. The predicted octanol–water partition coefficient (Wildman–Crippen LogP) is 3.75. The number of aromatic hydroxyl groups is 1. The molecule has 1 aliphatic rings. The normalized spacial score (nSPS) is 14.9. The molecule has 0 aliphatic carbocycles. The SMILES string of the molecule is O=C(c1cc2c(-c3ccc(O)cc3)cccc2s1)N1CCOCC1. The molecule has 1 aliphatic heterocycles. The van der Waals surface area contributed by atoms with E-state index in [4.69, 9.17) is 4.74 Å². The Balaban J connectivity index is 1.74. The molecule has 1 amide bonds. The fourth-order valence-corrected chi connectivity index (χ4v) is 4.04. The van der Waals surface area contributed by atoms with Crippen LogP contribution in [0.15, 0.2) is 48.5 Å². The quantitative estimate of drug-likeness (QED) is 0.774. The van der Waals surface area contributed by atoms with Crippen molar-refractivity contribution in [2.75, 3.05) is 26.3 Å². The summed E-state index contributed by atoms with van der Waals surface area (Å²) >= 11 is 1.53. The number of benzene rings is 2. The van der Waals surface area contributed by atoms with E-state index in [9.17, 15) is 9.90 Å². The van der Waals surface area contributed by atoms with Crippen LogP contribution >= 0.6 is 11.3 Å². The molecular formula is C19H17NO3S. The van der Waals surface area contributed by atoms with Crippen molar-refractivity contribution in [1.29, 1.82) is 0 Å². The van der Waals surface area contributed by atoms with Gasteiger partial charge in [0.2, 0.25) is 0 Å². The highest BCUT2D eigenvalue weighted by molar-refractivity contribution is 7.20. The Morgan fingerprint density at radius 1 is 1.08 bits per heavy atom. The van der Waals surface area contributed by atoms with Crippen molar-refractivity contribution in [2.45, 2.75) is 0 Å². The van der Waals surface area contributed by atoms with Gasteiger partial charge in [-0.25, -0.2) is 0 Å². The molecule has 3 aromatic rings. The van der Waals surface area contributed by atoms with Gasteiger partial charge in [-0.1, -0.05) is 24.3 Å². The first-order chi connectivity index (χ1) is 11.7. The molecule has 0 radical (unpaired) electrons. The number of amides is 1. The van der Waals surface area contributed by atoms with Crippen LogP contribution in [0.5, 0.6) is 5.75 Å². The molecule has 4 nitrogen and oxygen atoms in total. The van der Waals surface area contributed by atoms with Crippen LogP contribution < -0.4 is 0 Å². The molecule has 1 aromatic heterocycles. The van der Waals surface area contributed by atoms with Crippen LogP contribution in [0.4, 0.5) is 0 Å². The number of phenolic OH excluding ortho intramolecular Hbond substituents is 1. The maximum Gasteiger partial charge on any atom is 0.264 e. The molecule has 0 spiro atoms. The molecule has 2 heterocycles. The number of nitrogens with zero attached hydrogens (tertiary/aromatic N) is 1. The van der Waals surface area contributed by atoms with Gasteiger partial charge in [0.25, 0.3) is 5.91 Å². The zero-order valence-corrected chi connectivity index (χ0v) is 13.9. The first-order valence-corrected chi connectivity index (χ1v) is 8.73. The molecule has 24 heavy (non-hydrogen) atoms. The van der Waals surface area contributed by atoms with Gasteiger partial charge < -0.3 is 14.7 Å². The number of carbonyl (C=O) groups excluding carboxylic acids is 1. The molecule has 0 atom stereocenters. The largest absolute Gasteiger partial charge is 0.508 e. The van der Waals surface area contributed by atoms with Crippen LogP contribution in [0.2, 0.25) is 0 Å². The van der Waals surface area contributed by atoms with E-state index in [1.807, 2.05) is 41.3 Å². The molecule has 1 fully saturated rings. The molecule has 2 aromatic carbocycles. The molecule has 0 saturated carbocycles. The average molecular weight is 339 g/mol. The van der Waals surface area contributed by atoms with E-state index in [0.29, 0.717) is 26.3 Å². The summed E-state index contributed by atoms with van der Waals surface area (Å²) in [5.41, 5.74) is 2.10. The van der Waals surface area contributed by atoms with Crippen molar-refractivity contribution < 1.29 is 14.6 Å². The smallest absolute Gasteiger partial charge is 0.264 e. The molecular weight excluding hydrogens is 322 g/mol. The lowest BCUT2D eigenvalue weighted by atomic mass is 10.0. The standard InChI is InChI=1S/C19H17NO3S/c21-14-6-4-13(5-7-14)15-2-1-3-17-16(15)12-18(24-17)19(22)20-8-10-23-11-9-20/h1-7,12,21H,8-11H2. The van der Waals surface area contributed by atoms with E-state index in [1.165, 1.54) is 11.3 Å². The fraction of sp³-hybridized carbons (Fsp3) is 0.211. The van der Waals surface area contributed by atoms with Crippen LogP contribution in [0.3, 0.4) is 0 Å². The van der Waals surface area contributed by atoms with Gasteiger partial charge in [-0.15, -0.1) is 11.3 Å². The summed E-state index contributed by atoms with van der Waals surface area (Å²) in [7, 11) is 0. The van der Waals surface area contributed by atoms with Crippen molar-refractivity contribution in [3.8, 4) is 16.9 Å². The zero-order valence-electron chi connectivity index (χ0n) is 13.1. The fourth-order valence-electron chi connectivity index (χ4n) is 2.98. The highest BCUT2D eigenvalue weighted by Crippen LogP contribution is 2.35. The highest BCUT2D eigenvalue weighted by atomic mass is 32.1. The minimum absolute atomic E-state index is 0.0798. The van der Waals surface area contributed by atoms with Gasteiger partial charge in [0.05, 0.1) is 18.1 Å². The highest BCUT2D eigenvalue weighted by Gasteiger charge is 2.21. The van der Waals surface area contributed by atoms with Crippen LogP contribution in [0.25, 0.3) is 21.2 Å². The van der Waals surface area contributed by atoms with E-state index in [1.54, 1.807) is 12.1 Å². The maximum absolute atomic E-state index is 12.7. The Kier molecular flexibility index (Phi) is 3.96. The summed E-state index contributed by atoms with van der Waals surface area (Å²) in [6.45, 7) is 2.51. The van der Waals surface area contributed by atoms with Gasteiger partial charge in [0, 0.05) is 23.2 Å². The summed E-state index contributed by atoms with van der Waals surface area (Å²) in [5, 5.41) is 10.6. The number of fused-ring (bicyclic) bond motifs is 1. The van der Waals surface area contributed by atoms with E-state index >= 15 is 0 Å². The molecule has 0 unspecified atom stereocenters. The summed E-state index contributed by atoms with van der Waals surface area (Å²) in [4.78, 5) is 15.3. The third kappa shape index (κ3) is 2.77. The van der Waals surface area contributed by atoms with Crippen LogP contribution in [-0.4, -0.2) is 42.2 Å². The van der Waals surface area contributed by atoms with Crippen molar-refractivity contribution in [1.82, 2.24) is 4.90 Å². The average Bonchev–Trinajstić information content (AvgIpc) is 3.07. The second kappa shape index (κ2) is 6.26. The van der Waals surface area contributed by atoms with Crippen LogP contribution in [-0.2, 0) is 4.74 Å². The van der Waals surface area contributed by atoms with E-state index in [-0.39, 0.29) is 11.7 Å². The number of ether oxygens (including phenoxy) is 1. The van der Waals surface area contributed by atoms with Crippen molar-refractivity contribution in [3.05, 3.63) is 53.4 Å². The molecule has 0 bridgehead atoms. The van der Waals surface area contributed by atoms with Gasteiger partial charge >= 0.3 is 0 Å². The van der Waals surface area contributed by atoms with Crippen LogP contribution in [0, 0.1) is 0 Å². The third-order valence-corrected chi connectivity index (χ3v) is 5.34. The summed E-state index contributed by atoms with van der Waals surface area (Å²) in [6, 6.07) is 15.2. The lowest BCUT2D eigenvalue weighted by molar-refractivity contribution is 0.0306. The van der Waals surface area contributed by atoms with Gasteiger partial charge in [-0.3, -0.25) is 4.79 Å². The Morgan fingerprint density at radius 2 is 1.83 bits per heavy atom. The monoisotopic (exact) mass is 339 g/mol. The first-order valence-electron chi connectivity index (χ1n) is 7.91. The maximum atomic E-state index is 12.7. The Hall–Kier alpha value is -2.37. The zero-order chi connectivity index (χ0) is 16.5. The summed E-state index contributed by atoms with van der Waals surface area (Å²) < 4.78 is 6.41. The number of hydrogen-bond acceptors (Lipinski definition) is 4. The molecule has 1 N–H and O–H groups in total. The second-order valence-corrected chi connectivity index (χ2v) is 6.86. The van der Waals surface area contributed by atoms with Gasteiger partial charge in [-0.2, -0.15) is 0 Å². The summed E-state index contributed by atoms with van der Waals surface area (Å²) in [6.07, 6.45) is 0. The Labute approximate surface area is 143 Å². The Bertz CT molecular complexity index is 879. The lowest BCUT2D eigenvalue weighted by Gasteiger charge is -2.26. The predicted molar refractivity (Wildman–Crippen MR) is 95.6 cm³/mol. The number of morpholine rings is 1. The van der Waals surface area contributed by atoms with Gasteiger partial charge in [-0.05, 0) is 35.4 Å².